The first-order chi connectivity index (χ1) is 17.6. The van der Waals surface area contributed by atoms with Crippen molar-refractivity contribution >= 4 is 52.8 Å². The summed E-state index contributed by atoms with van der Waals surface area (Å²) < 4.78 is 50.0. The first-order valence-electron chi connectivity index (χ1n) is 11.0. The molecule has 0 aliphatic carbocycles. The van der Waals surface area contributed by atoms with E-state index < -0.39 is 43.3 Å². The van der Waals surface area contributed by atoms with E-state index in [2.05, 4.69) is 5.32 Å². The minimum atomic E-state index is -3.24. The summed E-state index contributed by atoms with van der Waals surface area (Å²) in [6.45, 7) is 0.0304. The minimum absolute atomic E-state index is 0.0167. The molecule has 4 aromatic rings. The summed E-state index contributed by atoms with van der Waals surface area (Å²) in [5, 5.41) is 12.3. The average Bonchev–Trinajstić information content (AvgIpc) is 3.23. The van der Waals surface area contributed by atoms with E-state index in [0.717, 1.165) is 6.26 Å². The molecule has 1 atom stereocenters. The van der Waals surface area contributed by atoms with E-state index in [-0.39, 0.29) is 28.0 Å². The van der Waals surface area contributed by atoms with Crippen molar-refractivity contribution in [3.05, 3.63) is 83.2 Å². The molecule has 1 heterocycles. The van der Waals surface area contributed by atoms with Gasteiger partial charge in [0.1, 0.15) is 0 Å². The van der Waals surface area contributed by atoms with E-state index in [1.54, 1.807) is 24.3 Å². The second kappa shape index (κ2) is 10.8. The Bertz CT molecular complexity index is 1600. The fraction of sp³-hybridized carbons (Fsp3) is 0.154. The van der Waals surface area contributed by atoms with Crippen LogP contribution in [0.1, 0.15) is 26.3 Å². The molecule has 0 spiro atoms. The van der Waals surface area contributed by atoms with Gasteiger partial charge in [0.15, 0.2) is 0 Å². The number of hydrogen-bond acceptors (Lipinski definition) is 6. The Balaban J connectivity index is 1.82. The summed E-state index contributed by atoms with van der Waals surface area (Å²) in [7, 11) is -1.76. The van der Waals surface area contributed by atoms with E-state index in [1.807, 2.05) is 0 Å². The number of sulfone groups is 1. The number of furan rings is 1. The number of carbonyl (C=O) groups is 2. The molecule has 4 rings (SSSR count). The Morgan fingerprint density at radius 2 is 1.84 bits per heavy atom. The fourth-order valence-electron chi connectivity index (χ4n) is 3.70. The van der Waals surface area contributed by atoms with Crippen molar-refractivity contribution in [2.24, 2.45) is 0 Å². The van der Waals surface area contributed by atoms with Gasteiger partial charge in [-0.1, -0.05) is 0 Å². The molecule has 0 fully saturated rings. The molecule has 1 amide bonds. The number of carbonyl (C=O) groups excluding carboxylic acids is 1. The Labute approximate surface area is 219 Å². The molecule has 0 bridgehead atoms. The molecule has 0 aliphatic rings. The quantitative estimate of drug-likeness (QED) is 0.289. The monoisotopic (exact) mass is 587 g/mol. The molecule has 1 unspecified atom stereocenters. The van der Waals surface area contributed by atoms with Gasteiger partial charge in [0, 0.05) is 0 Å². The van der Waals surface area contributed by atoms with Gasteiger partial charge < -0.3 is 0 Å². The number of hydrogen-bond donors (Lipinski definition) is 2. The van der Waals surface area contributed by atoms with Gasteiger partial charge in [-0.15, -0.1) is 0 Å². The van der Waals surface area contributed by atoms with Crippen molar-refractivity contribution in [2.75, 3.05) is 17.8 Å². The topological polar surface area (TPSA) is 123 Å². The van der Waals surface area contributed by atoms with Crippen LogP contribution < -0.4 is 14.4 Å². The van der Waals surface area contributed by atoms with Gasteiger partial charge >= 0.3 is 219 Å². The third-order valence-corrected chi connectivity index (χ3v) is 11.9. The van der Waals surface area contributed by atoms with Crippen LogP contribution in [0.15, 0.2) is 65.1 Å². The molecule has 37 heavy (non-hydrogen) atoms. The Kier molecular flexibility index (Phi) is 7.70. The zero-order valence-electron chi connectivity index (χ0n) is 19.9. The first-order valence-corrected chi connectivity index (χ1v) is 15.6. The molecule has 0 saturated heterocycles. The summed E-state index contributed by atoms with van der Waals surface area (Å²) in [4.78, 5) is 24.2. The van der Waals surface area contributed by atoms with E-state index in [0.29, 0.717) is 32.2 Å². The second-order valence-corrected chi connectivity index (χ2v) is 14.1. The number of benzene rings is 3. The van der Waals surface area contributed by atoms with Crippen LogP contribution in [-0.2, 0) is 16.4 Å². The van der Waals surface area contributed by atoms with Crippen LogP contribution in [0.3, 0.4) is 0 Å². The maximum absolute atomic E-state index is 13.5. The molecule has 0 aliphatic heterocycles. The SMILES string of the molecule is CNC(=O)c1c(-c2ccc(F)cc2)oc2cc([AsH]CS(C)(=O)=O)c(OCc3cccc(C(=O)O)c3)cc12. The van der Waals surface area contributed by atoms with Crippen LogP contribution in [-0.4, -0.2) is 59.0 Å². The number of aromatic carboxylic acids is 1. The van der Waals surface area contributed by atoms with Crippen molar-refractivity contribution in [3.8, 4) is 17.1 Å². The van der Waals surface area contributed by atoms with Crippen molar-refractivity contribution < 1.29 is 36.7 Å². The number of fused-ring (bicyclic) bond motifs is 1. The van der Waals surface area contributed by atoms with Crippen LogP contribution >= 0.6 is 0 Å². The van der Waals surface area contributed by atoms with Crippen LogP contribution in [0, 0.1) is 5.82 Å². The van der Waals surface area contributed by atoms with Crippen LogP contribution in [0.25, 0.3) is 22.3 Å². The van der Waals surface area contributed by atoms with Crippen molar-refractivity contribution in [1.82, 2.24) is 5.32 Å². The van der Waals surface area contributed by atoms with E-state index >= 15 is 0 Å². The van der Waals surface area contributed by atoms with Gasteiger partial charge in [-0.25, -0.2) is 0 Å². The van der Waals surface area contributed by atoms with Crippen molar-refractivity contribution in [1.29, 1.82) is 0 Å². The molecular weight excluding hydrogens is 564 g/mol. The number of halogens is 1. The molecule has 11 heteroatoms. The molecular formula is C26H23AsFNO7S. The number of rotatable bonds is 9. The van der Waals surface area contributed by atoms with Crippen LogP contribution in [0.2, 0.25) is 0 Å². The first kappa shape index (κ1) is 26.4. The predicted octanol–water partition coefficient (Wildman–Crippen LogP) is 2.94. The summed E-state index contributed by atoms with van der Waals surface area (Å²) in [6, 6.07) is 15.2. The molecule has 0 saturated carbocycles. The standard InChI is InChI=1S/C26H23AsFNO7S/c1-29-25(30)23-19-11-22(35-13-15-4-3-5-17(10-15)26(31)32)20(27-14-37(2,33)34)12-21(19)36-24(23)16-6-8-18(28)9-7-16/h3-12,27H,13-14H2,1-2H3,(H,29,30)(H,31,32). The van der Waals surface area contributed by atoms with E-state index in [1.165, 1.54) is 43.4 Å². The fourth-order valence-corrected chi connectivity index (χ4v) is 7.90. The third kappa shape index (κ3) is 6.21. The molecule has 8 nitrogen and oxygen atoms in total. The summed E-state index contributed by atoms with van der Waals surface area (Å²) in [5.74, 6) is -1.29. The molecule has 1 aromatic heterocycles. The Morgan fingerprint density at radius 3 is 2.49 bits per heavy atom. The van der Waals surface area contributed by atoms with Gasteiger partial charge in [-0.3, -0.25) is 0 Å². The van der Waals surface area contributed by atoms with Gasteiger partial charge in [-0.2, -0.15) is 0 Å². The van der Waals surface area contributed by atoms with Gasteiger partial charge in [0.05, 0.1) is 0 Å². The van der Waals surface area contributed by atoms with Gasteiger partial charge in [0.25, 0.3) is 0 Å². The summed E-state index contributed by atoms with van der Waals surface area (Å²) >= 11 is -1.22. The summed E-state index contributed by atoms with van der Waals surface area (Å²) in [5.41, 5.74) is 1.82. The number of ether oxygens (including phenoxy) is 1. The molecule has 192 valence electrons. The third-order valence-electron chi connectivity index (χ3n) is 5.44. The molecule has 3 aromatic carbocycles. The van der Waals surface area contributed by atoms with Crippen LogP contribution in [0.5, 0.6) is 5.75 Å². The van der Waals surface area contributed by atoms with Gasteiger partial charge in [0.2, 0.25) is 0 Å². The van der Waals surface area contributed by atoms with Crippen LogP contribution in [0.4, 0.5) is 4.39 Å². The summed E-state index contributed by atoms with van der Waals surface area (Å²) in [6.07, 6.45) is 1.16. The number of amides is 1. The number of nitrogens with one attached hydrogen (secondary N) is 1. The molecule has 0 radical (unpaired) electrons. The zero-order valence-corrected chi connectivity index (χ0v) is 22.8. The number of carboxylic acids is 1. The zero-order chi connectivity index (χ0) is 26.7. The normalized spacial score (nSPS) is 11.8. The molecule has 2 N–H and O–H groups in total. The van der Waals surface area contributed by atoms with E-state index in [9.17, 15) is 27.5 Å². The maximum atomic E-state index is 13.5. The van der Waals surface area contributed by atoms with Crippen molar-refractivity contribution in [2.45, 2.75) is 6.61 Å². The second-order valence-electron chi connectivity index (χ2n) is 8.28. The average molecular weight is 587 g/mol. The predicted molar refractivity (Wildman–Crippen MR) is 139 cm³/mol. The Morgan fingerprint density at radius 1 is 1.11 bits per heavy atom. The Hall–Kier alpha value is -3.62. The van der Waals surface area contributed by atoms with Crippen molar-refractivity contribution in [3.63, 3.8) is 0 Å². The number of carboxylic acid groups (broad SMARTS) is 1. The van der Waals surface area contributed by atoms with E-state index in [4.69, 9.17) is 9.15 Å². The van der Waals surface area contributed by atoms with Gasteiger partial charge in [-0.05, 0) is 0 Å².